The number of hydrogen-bond donors (Lipinski definition) is 1. The summed E-state index contributed by atoms with van der Waals surface area (Å²) in [5.74, 6) is -0.133. The van der Waals surface area contributed by atoms with Crippen LogP contribution in [0.3, 0.4) is 0 Å². The minimum Gasteiger partial charge on any atom is -0.466 e. The van der Waals surface area contributed by atoms with Gasteiger partial charge in [0.1, 0.15) is 0 Å². The van der Waals surface area contributed by atoms with Gasteiger partial charge in [0.15, 0.2) is 0 Å². The van der Waals surface area contributed by atoms with Crippen molar-refractivity contribution in [2.75, 3.05) is 20.2 Å². The van der Waals surface area contributed by atoms with Crippen LogP contribution in [0.25, 0.3) is 0 Å². The van der Waals surface area contributed by atoms with Gasteiger partial charge in [0.2, 0.25) is 0 Å². The molecule has 0 aromatic carbocycles. The van der Waals surface area contributed by atoms with Crippen molar-refractivity contribution in [3.8, 4) is 0 Å². The Morgan fingerprint density at radius 3 is 2.60 bits per heavy atom. The van der Waals surface area contributed by atoms with Crippen molar-refractivity contribution in [1.29, 1.82) is 0 Å². The topological polar surface area (TPSA) is 38.3 Å². The van der Waals surface area contributed by atoms with E-state index in [9.17, 15) is 4.79 Å². The first-order chi connectivity index (χ1) is 4.31. The molecule has 0 aliphatic rings. The lowest BCUT2D eigenvalue weighted by Gasteiger charge is -1.98. The van der Waals surface area contributed by atoms with Gasteiger partial charge in [-0.1, -0.05) is 0 Å². The van der Waals surface area contributed by atoms with E-state index in [1.165, 1.54) is 0 Å². The number of rotatable bonds is 4. The molecule has 0 aliphatic carbocycles. The predicted octanol–water partition coefficient (Wildman–Crippen LogP) is 0.581. The van der Waals surface area contributed by atoms with Gasteiger partial charge in [-0.3, -0.25) is 4.79 Å². The zero-order valence-electron chi connectivity index (χ0n) is 6.35. The van der Waals surface area contributed by atoms with Crippen LogP contribution in [0, 0.1) is 0 Å². The second-order valence-corrected chi connectivity index (χ2v) is 1.66. The maximum absolute atomic E-state index is 10.5. The van der Waals surface area contributed by atoms with Crippen LogP contribution in [0.2, 0.25) is 0 Å². The Labute approximate surface area is 67.5 Å². The van der Waals surface area contributed by atoms with Crippen molar-refractivity contribution in [1.82, 2.24) is 5.32 Å². The second kappa shape index (κ2) is 8.72. The third kappa shape index (κ3) is 7.72. The van der Waals surface area contributed by atoms with Crippen LogP contribution in [0.1, 0.15) is 13.3 Å². The van der Waals surface area contributed by atoms with Crippen molar-refractivity contribution in [3.63, 3.8) is 0 Å². The first kappa shape index (κ1) is 12.4. The maximum Gasteiger partial charge on any atom is 0.307 e. The smallest absolute Gasteiger partial charge is 0.307 e. The number of esters is 1. The first-order valence-corrected chi connectivity index (χ1v) is 3.11. The Morgan fingerprint density at radius 1 is 1.60 bits per heavy atom. The van der Waals surface area contributed by atoms with Crippen LogP contribution in [0.15, 0.2) is 0 Å². The minimum absolute atomic E-state index is 0. The van der Waals surface area contributed by atoms with Gasteiger partial charge in [-0.2, -0.15) is 0 Å². The molecule has 0 aliphatic heterocycles. The van der Waals surface area contributed by atoms with Crippen LogP contribution in [-0.2, 0) is 9.53 Å². The van der Waals surface area contributed by atoms with Gasteiger partial charge >= 0.3 is 5.97 Å². The Balaban J connectivity index is 0. The third-order valence-corrected chi connectivity index (χ3v) is 0.884. The molecule has 62 valence electrons. The van der Waals surface area contributed by atoms with Crippen molar-refractivity contribution in [2.45, 2.75) is 13.3 Å². The summed E-state index contributed by atoms with van der Waals surface area (Å²) in [6, 6.07) is 0. The second-order valence-electron chi connectivity index (χ2n) is 1.66. The number of nitrogens with one attached hydrogen (secondary N) is 1. The molecule has 0 unspecified atom stereocenters. The van der Waals surface area contributed by atoms with Gasteiger partial charge in [0.05, 0.1) is 13.0 Å². The lowest BCUT2D eigenvalue weighted by molar-refractivity contribution is -0.142. The molecule has 0 amide bonds. The zero-order chi connectivity index (χ0) is 7.11. The third-order valence-electron chi connectivity index (χ3n) is 0.884. The molecule has 0 saturated heterocycles. The highest BCUT2D eigenvalue weighted by Gasteiger charge is 1.97. The van der Waals surface area contributed by atoms with Gasteiger partial charge in [0.25, 0.3) is 0 Å². The van der Waals surface area contributed by atoms with E-state index in [2.05, 4.69) is 10.1 Å². The van der Waals surface area contributed by atoms with E-state index in [0.717, 1.165) is 0 Å². The fourth-order valence-electron chi connectivity index (χ4n) is 0.460. The highest BCUT2D eigenvalue weighted by Crippen LogP contribution is 1.82. The quantitative estimate of drug-likeness (QED) is 0.623. The Kier molecular flexibility index (Phi) is 10.8. The average Bonchev–Trinajstić information content (AvgIpc) is 1.85. The summed E-state index contributed by atoms with van der Waals surface area (Å²) in [6.07, 6.45) is 0.463. The van der Waals surface area contributed by atoms with Crippen molar-refractivity contribution >= 4 is 18.4 Å². The van der Waals surface area contributed by atoms with Crippen molar-refractivity contribution < 1.29 is 9.53 Å². The number of ether oxygens (including phenoxy) is 1. The van der Waals surface area contributed by atoms with Crippen LogP contribution in [-0.4, -0.2) is 26.2 Å². The standard InChI is InChI=1S/C6H13NO2.ClH/c1-3-9-6(8)4-5-7-2;/h7H,3-5H2,1-2H3;1H. The molecule has 0 rings (SSSR count). The molecule has 0 saturated carbocycles. The summed E-state index contributed by atoms with van der Waals surface area (Å²) in [5.41, 5.74) is 0. The molecule has 0 bridgehead atoms. The number of hydrogen-bond acceptors (Lipinski definition) is 3. The zero-order valence-corrected chi connectivity index (χ0v) is 7.16. The molecule has 0 heterocycles. The summed E-state index contributed by atoms with van der Waals surface area (Å²) >= 11 is 0. The molecule has 0 fully saturated rings. The van der Waals surface area contributed by atoms with E-state index < -0.39 is 0 Å². The van der Waals surface area contributed by atoms with Gasteiger partial charge in [-0.25, -0.2) is 0 Å². The van der Waals surface area contributed by atoms with E-state index in [1.54, 1.807) is 14.0 Å². The lowest BCUT2D eigenvalue weighted by Crippen LogP contribution is -2.14. The molecule has 4 heteroatoms. The van der Waals surface area contributed by atoms with Gasteiger partial charge in [-0.15, -0.1) is 12.4 Å². The highest BCUT2D eigenvalue weighted by atomic mass is 35.5. The summed E-state index contributed by atoms with van der Waals surface area (Å²) < 4.78 is 4.66. The highest BCUT2D eigenvalue weighted by molar-refractivity contribution is 5.85. The Bertz CT molecular complexity index is 87.8. The number of halogens is 1. The van der Waals surface area contributed by atoms with Crippen molar-refractivity contribution in [2.24, 2.45) is 0 Å². The molecule has 3 nitrogen and oxygen atoms in total. The van der Waals surface area contributed by atoms with Crippen LogP contribution in [0.4, 0.5) is 0 Å². The van der Waals surface area contributed by atoms with Crippen LogP contribution < -0.4 is 5.32 Å². The summed E-state index contributed by atoms with van der Waals surface area (Å²) in [6.45, 7) is 2.97. The summed E-state index contributed by atoms with van der Waals surface area (Å²) in [5, 5.41) is 2.86. The summed E-state index contributed by atoms with van der Waals surface area (Å²) in [7, 11) is 1.80. The molecule has 0 radical (unpaired) electrons. The van der Waals surface area contributed by atoms with E-state index in [4.69, 9.17) is 0 Å². The van der Waals surface area contributed by atoms with E-state index in [1.807, 2.05) is 0 Å². The van der Waals surface area contributed by atoms with Crippen molar-refractivity contribution in [3.05, 3.63) is 0 Å². The maximum atomic E-state index is 10.5. The number of carbonyl (C=O) groups excluding carboxylic acids is 1. The molecule has 1 N–H and O–H groups in total. The minimum atomic E-state index is -0.133. The molecule has 0 aromatic rings. The van der Waals surface area contributed by atoms with Crippen LogP contribution >= 0.6 is 12.4 Å². The molecule has 10 heavy (non-hydrogen) atoms. The van der Waals surface area contributed by atoms with Crippen LogP contribution in [0.5, 0.6) is 0 Å². The fourth-order valence-corrected chi connectivity index (χ4v) is 0.460. The fraction of sp³-hybridized carbons (Fsp3) is 0.833. The lowest BCUT2D eigenvalue weighted by atomic mass is 10.4. The molecular weight excluding hydrogens is 154 g/mol. The predicted molar refractivity (Wildman–Crippen MR) is 42.4 cm³/mol. The first-order valence-electron chi connectivity index (χ1n) is 3.11. The molecule has 0 aromatic heterocycles. The molecule has 0 spiro atoms. The average molecular weight is 168 g/mol. The van der Waals surface area contributed by atoms with Gasteiger partial charge in [0, 0.05) is 6.54 Å². The molecular formula is C6H14ClNO2. The number of carbonyl (C=O) groups is 1. The van der Waals surface area contributed by atoms with Gasteiger partial charge < -0.3 is 10.1 Å². The Morgan fingerprint density at radius 2 is 2.20 bits per heavy atom. The monoisotopic (exact) mass is 167 g/mol. The SMILES string of the molecule is CCOC(=O)CCNC.Cl. The summed E-state index contributed by atoms with van der Waals surface area (Å²) in [4.78, 5) is 10.5. The normalized spacial score (nSPS) is 8.20. The molecule has 0 atom stereocenters. The largest absolute Gasteiger partial charge is 0.466 e. The Hall–Kier alpha value is -0.280. The van der Waals surface area contributed by atoms with E-state index in [-0.39, 0.29) is 18.4 Å². The van der Waals surface area contributed by atoms with E-state index >= 15 is 0 Å². The van der Waals surface area contributed by atoms with Gasteiger partial charge in [-0.05, 0) is 14.0 Å². The van der Waals surface area contributed by atoms with E-state index in [0.29, 0.717) is 19.6 Å².